The third-order valence-corrected chi connectivity index (χ3v) is 9.13. The van der Waals surface area contributed by atoms with Crippen molar-refractivity contribution in [1.82, 2.24) is 20.0 Å². The molecule has 1 aromatic heterocycles. The Morgan fingerprint density at radius 2 is 1.95 bits per heavy atom. The average molecular weight is 600 g/mol. The number of carbonyl (C=O) groups excluding carboxylic acids is 3. The minimum atomic E-state index is -2.92. The predicted octanol–water partition coefficient (Wildman–Crippen LogP) is 4.49. The summed E-state index contributed by atoms with van der Waals surface area (Å²) in [7, 11) is 0. The van der Waals surface area contributed by atoms with Crippen molar-refractivity contribution in [3.63, 3.8) is 0 Å². The molecule has 4 heterocycles. The minimum absolute atomic E-state index is 0.113. The number of hydrogen-bond donors (Lipinski definition) is 1. The van der Waals surface area contributed by atoms with Crippen LogP contribution in [0.25, 0.3) is 10.9 Å². The van der Waals surface area contributed by atoms with Gasteiger partial charge in [-0.1, -0.05) is 28.9 Å². The molecule has 8 nitrogen and oxygen atoms in total. The smallest absolute Gasteiger partial charge is 0.267 e. The summed E-state index contributed by atoms with van der Waals surface area (Å²) in [6.45, 7) is 1.62. The molecular formula is C28H28BrF2N5O3. The van der Waals surface area contributed by atoms with Gasteiger partial charge in [0, 0.05) is 52.2 Å². The molecule has 1 spiro atoms. The van der Waals surface area contributed by atoms with Gasteiger partial charge in [0.05, 0.1) is 23.7 Å². The molecule has 0 unspecified atom stereocenters. The highest BCUT2D eigenvalue weighted by Gasteiger charge is 2.54. The van der Waals surface area contributed by atoms with Crippen LogP contribution in [0.15, 0.2) is 47.1 Å². The lowest BCUT2D eigenvalue weighted by atomic mass is 9.73. The highest BCUT2D eigenvalue weighted by atomic mass is 79.9. The normalized spacial score (nSPS) is 21.7. The Balaban J connectivity index is 1.24. The molecule has 39 heavy (non-hydrogen) atoms. The predicted molar refractivity (Wildman–Crippen MR) is 145 cm³/mol. The number of benzene rings is 2. The molecule has 2 saturated heterocycles. The summed E-state index contributed by atoms with van der Waals surface area (Å²) in [5.74, 6) is -3.73. The average Bonchev–Trinajstić information content (AvgIpc) is 3.58. The van der Waals surface area contributed by atoms with Crippen molar-refractivity contribution in [2.75, 3.05) is 31.1 Å². The van der Waals surface area contributed by atoms with Gasteiger partial charge in [0.1, 0.15) is 6.54 Å². The van der Waals surface area contributed by atoms with E-state index in [1.807, 2.05) is 12.1 Å². The molecule has 3 aliphatic heterocycles. The van der Waals surface area contributed by atoms with Crippen molar-refractivity contribution in [1.29, 1.82) is 0 Å². The zero-order valence-electron chi connectivity index (χ0n) is 21.4. The lowest BCUT2D eigenvalue weighted by Gasteiger charge is -2.39. The van der Waals surface area contributed by atoms with Gasteiger partial charge < -0.3 is 14.7 Å². The van der Waals surface area contributed by atoms with Crippen LogP contribution >= 0.6 is 15.9 Å². The van der Waals surface area contributed by atoms with Gasteiger partial charge in [-0.3, -0.25) is 19.5 Å². The van der Waals surface area contributed by atoms with Crippen LogP contribution in [0.3, 0.4) is 0 Å². The number of nitrogens with zero attached hydrogens (tertiary/aromatic N) is 4. The summed E-state index contributed by atoms with van der Waals surface area (Å²) >= 11 is 3.62. The second-order valence-electron chi connectivity index (χ2n) is 10.7. The van der Waals surface area contributed by atoms with E-state index in [0.29, 0.717) is 43.6 Å². The van der Waals surface area contributed by atoms with Crippen LogP contribution in [0.5, 0.6) is 0 Å². The maximum absolute atomic E-state index is 14.1. The number of likely N-dealkylation sites (tertiary alicyclic amines) is 2. The van der Waals surface area contributed by atoms with E-state index in [2.05, 4.69) is 26.1 Å². The lowest BCUT2D eigenvalue weighted by molar-refractivity contribution is -0.134. The third kappa shape index (κ3) is 4.21. The van der Waals surface area contributed by atoms with Crippen LogP contribution in [0.1, 0.15) is 48.5 Å². The van der Waals surface area contributed by atoms with Crippen molar-refractivity contribution in [2.24, 2.45) is 0 Å². The molecule has 0 radical (unpaired) electrons. The summed E-state index contributed by atoms with van der Waals surface area (Å²) in [6, 6.07) is 10.3. The summed E-state index contributed by atoms with van der Waals surface area (Å²) in [6.07, 6.45) is 2.53. The fourth-order valence-corrected chi connectivity index (χ4v) is 7.17. The number of nitrogens with one attached hydrogen (secondary N) is 1. The Kier molecular flexibility index (Phi) is 6.24. The van der Waals surface area contributed by atoms with E-state index in [0.717, 1.165) is 20.9 Å². The molecule has 11 heteroatoms. The summed E-state index contributed by atoms with van der Waals surface area (Å²) in [5.41, 5.74) is 1.92. The monoisotopic (exact) mass is 599 g/mol. The van der Waals surface area contributed by atoms with Crippen LogP contribution < -0.4 is 4.90 Å². The van der Waals surface area contributed by atoms with Gasteiger partial charge in [-0.15, -0.1) is 0 Å². The molecular weight excluding hydrogens is 572 g/mol. The van der Waals surface area contributed by atoms with E-state index in [4.69, 9.17) is 0 Å². The summed E-state index contributed by atoms with van der Waals surface area (Å²) < 4.78 is 29.0. The largest absolute Gasteiger partial charge is 0.339 e. The quantitative estimate of drug-likeness (QED) is 0.478. The molecule has 2 aromatic carbocycles. The first kappa shape index (κ1) is 25.9. The highest BCUT2D eigenvalue weighted by molar-refractivity contribution is 9.10. The van der Waals surface area contributed by atoms with E-state index in [-0.39, 0.29) is 24.8 Å². The number of halogens is 3. The molecule has 2 fully saturated rings. The number of fused-ring (bicyclic) bond motifs is 3. The number of aromatic nitrogens is 2. The van der Waals surface area contributed by atoms with Gasteiger partial charge in [0.25, 0.3) is 11.8 Å². The van der Waals surface area contributed by atoms with Gasteiger partial charge in [-0.05, 0) is 49.6 Å². The van der Waals surface area contributed by atoms with E-state index in [1.54, 1.807) is 42.3 Å². The number of H-pyrrole nitrogens is 1. The van der Waals surface area contributed by atoms with Gasteiger partial charge in [0.2, 0.25) is 11.8 Å². The molecule has 0 aliphatic carbocycles. The summed E-state index contributed by atoms with van der Waals surface area (Å²) in [4.78, 5) is 45.1. The number of aromatic amines is 1. The fourth-order valence-electron chi connectivity index (χ4n) is 6.44. The number of amides is 3. The number of piperidine rings is 1. The first-order valence-electron chi connectivity index (χ1n) is 13.1. The number of rotatable bonds is 4. The second kappa shape index (κ2) is 9.39. The van der Waals surface area contributed by atoms with Crippen LogP contribution in [0.4, 0.5) is 14.5 Å². The zero-order chi connectivity index (χ0) is 27.5. The van der Waals surface area contributed by atoms with Gasteiger partial charge >= 0.3 is 0 Å². The molecule has 3 aliphatic rings. The Labute approximate surface area is 232 Å². The fraction of sp³-hybridized carbons (Fsp3) is 0.429. The van der Waals surface area contributed by atoms with Crippen molar-refractivity contribution < 1.29 is 23.2 Å². The molecule has 0 saturated carbocycles. The topological polar surface area (TPSA) is 89.6 Å². The van der Waals surface area contributed by atoms with Crippen molar-refractivity contribution in [3.05, 3.63) is 58.2 Å². The van der Waals surface area contributed by atoms with E-state index < -0.39 is 29.8 Å². The van der Waals surface area contributed by atoms with Crippen LogP contribution in [-0.2, 0) is 15.0 Å². The number of anilines is 1. The van der Waals surface area contributed by atoms with Crippen LogP contribution in [0.2, 0.25) is 0 Å². The van der Waals surface area contributed by atoms with Gasteiger partial charge in [-0.2, -0.15) is 5.10 Å². The van der Waals surface area contributed by atoms with Crippen molar-refractivity contribution in [2.45, 2.75) is 50.0 Å². The molecule has 6 rings (SSSR count). The zero-order valence-corrected chi connectivity index (χ0v) is 23.0. The molecule has 1 atom stereocenters. The molecule has 1 N–H and O–H groups in total. The SMILES string of the molecule is CC[C@@H]1CC(F)(F)CN1C(=O)CN1C(=O)C2(CCN(C(=O)c3ccc4[nH]ncc4c3)CC2)c2c(Br)cccc21. The number of alkyl halides is 2. The number of hydrogen-bond acceptors (Lipinski definition) is 4. The van der Waals surface area contributed by atoms with Crippen molar-refractivity contribution >= 4 is 50.2 Å². The van der Waals surface area contributed by atoms with Gasteiger partial charge in [0.15, 0.2) is 0 Å². The Morgan fingerprint density at radius 3 is 2.69 bits per heavy atom. The van der Waals surface area contributed by atoms with Crippen molar-refractivity contribution in [3.8, 4) is 0 Å². The van der Waals surface area contributed by atoms with E-state index in [1.165, 1.54) is 9.80 Å². The molecule has 0 bridgehead atoms. The highest BCUT2D eigenvalue weighted by Crippen LogP contribution is 2.51. The molecule has 3 aromatic rings. The first-order chi connectivity index (χ1) is 18.6. The Bertz CT molecular complexity index is 1480. The van der Waals surface area contributed by atoms with Crippen LogP contribution in [-0.4, -0.2) is 75.9 Å². The standard InChI is InChI=1S/C28H28BrF2N5O3/c1-2-19-13-28(30,31)16-36(19)23(37)15-35-22-5-3-4-20(29)24(22)27(26(35)39)8-10-34(11-9-27)25(38)17-6-7-21-18(12-17)14-32-33-21/h3-7,12,14,19H,2,8-11,13,15-16H2,1H3,(H,32,33)/t19-/m1/s1. The summed E-state index contributed by atoms with van der Waals surface area (Å²) in [5, 5.41) is 7.73. The van der Waals surface area contributed by atoms with Crippen LogP contribution in [0, 0.1) is 0 Å². The molecule has 204 valence electrons. The first-order valence-corrected chi connectivity index (χ1v) is 13.9. The Hall–Kier alpha value is -3.34. The minimum Gasteiger partial charge on any atom is -0.339 e. The Morgan fingerprint density at radius 1 is 1.18 bits per heavy atom. The lowest BCUT2D eigenvalue weighted by Crippen LogP contribution is -2.52. The van der Waals surface area contributed by atoms with Gasteiger partial charge in [-0.25, -0.2) is 8.78 Å². The van der Waals surface area contributed by atoms with E-state index in [9.17, 15) is 23.2 Å². The maximum Gasteiger partial charge on any atom is 0.267 e. The van der Waals surface area contributed by atoms with E-state index >= 15 is 0 Å². The number of carbonyl (C=O) groups is 3. The second-order valence-corrected chi connectivity index (χ2v) is 11.6. The third-order valence-electron chi connectivity index (χ3n) is 8.47. The maximum atomic E-state index is 14.1. The molecule has 3 amide bonds.